The third kappa shape index (κ3) is 8.15. The molecule has 0 aromatic heterocycles. The van der Waals surface area contributed by atoms with E-state index < -0.39 is 0 Å². The summed E-state index contributed by atoms with van der Waals surface area (Å²) in [6, 6.07) is 8.25. The average molecular weight is 308 g/mol. The predicted octanol–water partition coefficient (Wildman–Crippen LogP) is 3.59. The van der Waals surface area contributed by atoms with Gasteiger partial charge in [-0.3, -0.25) is 4.79 Å². The van der Waals surface area contributed by atoms with E-state index in [1.807, 2.05) is 12.1 Å². The first-order valence-corrected chi connectivity index (χ1v) is 8.01. The van der Waals surface area contributed by atoms with Crippen molar-refractivity contribution >= 4 is 5.78 Å². The number of rotatable bonds is 12. The lowest BCUT2D eigenvalue weighted by Crippen LogP contribution is -2.11. The first kappa shape index (κ1) is 18.7. The number of ether oxygens (including phenoxy) is 3. The van der Waals surface area contributed by atoms with Crippen LogP contribution in [0.3, 0.4) is 0 Å². The minimum absolute atomic E-state index is 0.147. The SMILES string of the molecule is CCC(C)c1ccc(OCCOCCOCCC(C)=O)cc1. The van der Waals surface area contributed by atoms with E-state index in [9.17, 15) is 4.79 Å². The smallest absolute Gasteiger partial charge is 0.132 e. The molecule has 0 aliphatic heterocycles. The zero-order valence-electron chi connectivity index (χ0n) is 14.0. The summed E-state index contributed by atoms with van der Waals surface area (Å²) >= 11 is 0. The quantitative estimate of drug-likeness (QED) is 0.554. The van der Waals surface area contributed by atoms with Crippen LogP contribution < -0.4 is 4.74 Å². The largest absolute Gasteiger partial charge is 0.491 e. The first-order valence-electron chi connectivity index (χ1n) is 8.01. The topological polar surface area (TPSA) is 44.8 Å². The van der Waals surface area contributed by atoms with Gasteiger partial charge in [0.05, 0.1) is 26.4 Å². The van der Waals surface area contributed by atoms with Gasteiger partial charge in [0.25, 0.3) is 0 Å². The molecular weight excluding hydrogens is 280 g/mol. The van der Waals surface area contributed by atoms with E-state index in [0.29, 0.717) is 45.4 Å². The molecule has 1 atom stereocenters. The van der Waals surface area contributed by atoms with Crippen LogP contribution in [0.2, 0.25) is 0 Å². The van der Waals surface area contributed by atoms with Gasteiger partial charge in [-0.1, -0.05) is 26.0 Å². The molecule has 0 heterocycles. The number of ketones is 1. The molecule has 0 bridgehead atoms. The Morgan fingerprint density at radius 2 is 1.59 bits per heavy atom. The summed E-state index contributed by atoms with van der Waals surface area (Å²) in [7, 11) is 0. The molecule has 1 aromatic rings. The Bertz CT molecular complexity index is 414. The predicted molar refractivity (Wildman–Crippen MR) is 87.6 cm³/mol. The Balaban J connectivity index is 2.04. The third-order valence-electron chi connectivity index (χ3n) is 3.53. The van der Waals surface area contributed by atoms with Crippen molar-refractivity contribution in [2.45, 2.75) is 39.5 Å². The average Bonchev–Trinajstić information content (AvgIpc) is 2.53. The summed E-state index contributed by atoms with van der Waals surface area (Å²) in [5.41, 5.74) is 1.34. The zero-order valence-corrected chi connectivity index (χ0v) is 14.0. The third-order valence-corrected chi connectivity index (χ3v) is 3.53. The van der Waals surface area contributed by atoms with Crippen molar-refractivity contribution in [2.75, 3.05) is 33.0 Å². The van der Waals surface area contributed by atoms with Crippen LogP contribution in [0, 0.1) is 0 Å². The van der Waals surface area contributed by atoms with Crippen molar-refractivity contribution in [1.82, 2.24) is 0 Å². The van der Waals surface area contributed by atoms with Crippen LogP contribution in [0.4, 0.5) is 0 Å². The van der Waals surface area contributed by atoms with Crippen LogP contribution in [0.5, 0.6) is 5.75 Å². The number of hydrogen-bond acceptors (Lipinski definition) is 4. The molecule has 1 unspecified atom stereocenters. The van der Waals surface area contributed by atoms with Crippen LogP contribution in [0.1, 0.15) is 45.1 Å². The lowest BCUT2D eigenvalue weighted by atomic mass is 9.99. The van der Waals surface area contributed by atoms with E-state index in [1.165, 1.54) is 5.56 Å². The van der Waals surface area contributed by atoms with Gasteiger partial charge in [-0.15, -0.1) is 0 Å². The van der Waals surface area contributed by atoms with E-state index in [0.717, 1.165) is 12.2 Å². The lowest BCUT2D eigenvalue weighted by molar-refractivity contribution is -0.118. The van der Waals surface area contributed by atoms with Crippen LogP contribution >= 0.6 is 0 Å². The van der Waals surface area contributed by atoms with Crippen LogP contribution in [0.15, 0.2) is 24.3 Å². The molecule has 0 aliphatic carbocycles. The van der Waals surface area contributed by atoms with Crippen molar-refractivity contribution in [3.8, 4) is 5.75 Å². The molecule has 0 N–H and O–H groups in total. The Labute approximate surface area is 133 Å². The van der Waals surface area contributed by atoms with E-state index in [1.54, 1.807) is 6.92 Å². The Morgan fingerprint density at radius 3 is 2.18 bits per heavy atom. The fraction of sp³-hybridized carbons (Fsp3) is 0.611. The molecular formula is C18H28O4. The highest BCUT2D eigenvalue weighted by atomic mass is 16.5. The minimum atomic E-state index is 0.147. The number of carbonyl (C=O) groups excluding carboxylic acids is 1. The van der Waals surface area contributed by atoms with E-state index >= 15 is 0 Å². The van der Waals surface area contributed by atoms with Gasteiger partial charge >= 0.3 is 0 Å². The number of Topliss-reactive ketones (excluding diaryl/α,β-unsaturated/α-hetero) is 1. The molecule has 0 saturated heterocycles. The molecule has 0 saturated carbocycles. The van der Waals surface area contributed by atoms with Crippen LogP contribution in [0.25, 0.3) is 0 Å². The summed E-state index contributed by atoms with van der Waals surface area (Å²) < 4.78 is 16.3. The van der Waals surface area contributed by atoms with Crippen molar-refractivity contribution < 1.29 is 19.0 Å². The minimum Gasteiger partial charge on any atom is -0.491 e. The van der Waals surface area contributed by atoms with Crippen LogP contribution in [-0.4, -0.2) is 38.8 Å². The Kier molecular flexibility index (Phi) is 9.51. The molecule has 0 fully saturated rings. The highest BCUT2D eigenvalue weighted by Gasteiger charge is 2.02. The van der Waals surface area contributed by atoms with Gasteiger partial charge in [0.1, 0.15) is 18.1 Å². The first-order chi connectivity index (χ1) is 10.6. The maximum absolute atomic E-state index is 10.7. The molecule has 4 heteroatoms. The molecule has 1 aromatic carbocycles. The van der Waals surface area contributed by atoms with Gasteiger partial charge in [-0.2, -0.15) is 0 Å². The van der Waals surface area contributed by atoms with Crippen molar-refractivity contribution in [1.29, 1.82) is 0 Å². The number of hydrogen-bond donors (Lipinski definition) is 0. The van der Waals surface area contributed by atoms with Crippen molar-refractivity contribution in [3.05, 3.63) is 29.8 Å². The number of benzene rings is 1. The lowest BCUT2D eigenvalue weighted by Gasteiger charge is -2.11. The second kappa shape index (κ2) is 11.2. The maximum atomic E-state index is 10.7. The second-order valence-electron chi connectivity index (χ2n) is 5.40. The van der Waals surface area contributed by atoms with E-state index in [4.69, 9.17) is 14.2 Å². The van der Waals surface area contributed by atoms with Gasteiger partial charge in [0.2, 0.25) is 0 Å². The van der Waals surface area contributed by atoms with Crippen molar-refractivity contribution in [3.63, 3.8) is 0 Å². The highest BCUT2D eigenvalue weighted by molar-refractivity contribution is 5.75. The van der Waals surface area contributed by atoms with Crippen LogP contribution in [-0.2, 0) is 14.3 Å². The number of carbonyl (C=O) groups is 1. The van der Waals surface area contributed by atoms with Gasteiger partial charge < -0.3 is 14.2 Å². The van der Waals surface area contributed by atoms with Crippen molar-refractivity contribution in [2.24, 2.45) is 0 Å². The van der Waals surface area contributed by atoms with Gasteiger partial charge in [0.15, 0.2) is 0 Å². The molecule has 124 valence electrons. The summed E-state index contributed by atoms with van der Waals surface area (Å²) in [4.78, 5) is 10.7. The Morgan fingerprint density at radius 1 is 1.00 bits per heavy atom. The normalized spacial score (nSPS) is 12.1. The fourth-order valence-corrected chi connectivity index (χ4v) is 1.88. The summed E-state index contributed by atoms with van der Waals surface area (Å²) in [6.45, 7) is 8.53. The molecule has 4 nitrogen and oxygen atoms in total. The monoisotopic (exact) mass is 308 g/mol. The zero-order chi connectivity index (χ0) is 16.2. The summed E-state index contributed by atoms with van der Waals surface area (Å²) in [6.07, 6.45) is 1.61. The fourth-order valence-electron chi connectivity index (χ4n) is 1.88. The molecule has 0 aliphatic rings. The molecule has 0 spiro atoms. The standard InChI is InChI=1S/C18H28O4/c1-4-15(2)17-5-7-18(8-6-17)22-14-13-21-12-11-20-10-9-16(3)19/h5-8,15H,4,9-14H2,1-3H3. The molecule has 0 radical (unpaired) electrons. The Hall–Kier alpha value is -1.39. The maximum Gasteiger partial charge on any atom is 0.132 e. The molecule has 1 rings (SSSR count). The summed E-state index contributed by atoms with van der Waals surface area (Å²) in [5, 5.41) is 0. The van der Waals surface area contributed by atoms with E-state index in [2.05, 4.69) is 26.0 Å². The second-order valence-corrected chi connectivity index (χ2v) is 5.40. The molecule has 0 amide bonds. The summed E-state index contributed by atoms with van der Waals surface area (Å²) in [5.74, 6) is 1.60. The molecule has 22 heavy (non-hydrogen) atoms. The van der Waals surface area contributed by atoms with Gasteiger partial charge in [0, 0.05) is 6.42 Å². The van der Waals surface area contributed by atoms with Gasteiger partial charge in [-0.05, 0) is 37.0 Å². The highest BCUT2D eigenvalue weighted by Crippen LogP contribution is 2.21. The van der Waals surface area contributed by atoms with E-state index in [-0.39, 0.29) is 5.78 Å². The van der Waals surface area contributed by atoms with Gasteiger partial charge in [-0.25, -0.2) is 0 Å².